The van der Waals surface area contributed by atoms with E-state index in [-0.39, 0.29) is 34.9 Å². The molecular formula is C23H18ClF5N6O4. The number of amides is 2. The molecule has 1 fully saturated rings. The highest BCUT2D eigenvalue weighted by Gasteiger charge is 2.59. The average molecular weight is 573 g/mol. The third-order valence-electron chi connectivity index (χ3n) is 5.80. The average Bonchev–Trinajstić information content (AvgIpc) is 3.29. The van der Waals surface area contributed by atoms with Crippen LogP contribution in [-0.4, -0.2) is 62.4 Å². The van der Waals surface area contributed by atoms with Crippen molar-refractivity contribution >= 4 is 35.1 Å². The van der Waals surface area contributed by atoms with Gasteiger partial charge in [-0.3, -0.25) is 4.79 Å². The zero-order valence-corrected chi connectivity index (χ0v) is 20.3. The van der Waals surface area contributed by atoms with E-state index in [0.29, 0.717) is 5.56 Å². The molecule has 3 N–H and O–H groups in total. The first-order chi connectivity index (χ1) is 18.3. The highest BCUT2D eigenvalue weighted by Crippen LogP contribution is 2.41. The molecule has 10 nitrogen and oxygen atoms in total. The van der Waals surface area contributed by atoms with Gasteiger partial charge in [0.05, 0.1) is 12.1 Å². The Kier molecular flexibility index (Phi) is 7.46. The number of ether oxygens (including phenoxy) is 1. The number of alkyl halides is 6. The van der Waals surface area contributed by atoms with Crippen molar-refractivity contribution in [3.8, 4) is 16.9 Å². The molecule has 16 heteroatoms. The molecule has 1 aromatic carbocycles. The summed E-state index contributed by atoms with van der Waals surface area (Å²) in [5, 5.41) is 13.2. The quantitative estimate of drug-likeness (QED) is 0.274. The van der Waals surface area contributed by atoms with Crippen molar-refractivity contribution in [3.05, 3.63) is 60.8 Å². The Morgan fingerprint density at radius 2 is 1.74 bits per heavy atom. The molecule has 0 saturated carbocycles. The Labute approximate surface area is 221 Å². The van der Waals surface area contributed by atoms with Crippen LogP contribution in [0.25, 0.3) is 11.1 Å². The molecule has 1 saturated heterocycles. The molecule has 4 rings (SSSR count). The number of hydrogen-bond donors (Lipinski definition) is 3. The molecule has 1 aliphatic rings. The molecule has 2 aromatic heterocycles. The number of halogens is 6. The summed E-state index contributed by atoms with van der Waals surface area (Å²) in [6.45, 7) is -0.938. The van der Waals surface area contributed by atoms with Crippen LogP contribution in [0.5, 0.6) is 5.75 Å². The van der Waals surface area contributed by atoms with Crippen LogP contribution < -0.4 is 20.3 Å². The van der Waals surface area contributed by atoms with Crippen LogP contribution in [0.2, 0.25) is 0 Å². The summed E-state index contributed by atoms with van der Waals surface area (Å²) in [6.07, 6.45) is -2.12. The second kappa shape index (κ2) is 10.5. The molecule has 0 bridgehead atoms. The highest BCUT2D eigenvalue weighted by atomic mass is 35.5. The van der Waals surface area contributed by atoms with Crippen molar-refractivity contribution in [1.82, 2.24) is 20.3 Å². The van der Waals surface area contributed by atoms with Crippen molar-refractivity contribution in [2.75, 3.05) is 23.3 Å². The number of nitrogens with zero attached hydrogens (tertiary/aromatic N) is 4. The minimum Gasteiger partial charge on any atom is -0.465 e. The summed E-state index contributed by atoms with van der Waals surface area (Å²) >= 11 is 4.73. The lowest BCUT2D eigenvalue weighted by Crippen LogP contribution is -2.60. The molecule has 3 aromatic rings. The first kappa shape index (κ1) is 27.8. The van der Waals surface area contributed by atoms with Crippen LogP contribution >= 0.6 is 11.6 Å². The van der Waals surface area contributed by atoms with Gasteiger partial charge in [-0.25, -0.2) is 19.7 Å². The van der Waals surface area contributed by atoms with Gasteiger partial charge < -0.3 is 25.4 Å². The Morgan fingerprint density at radius 1 is 1.08 bits per heavy atom. The smallest absolute Gasteiger partial charge is 0.465 e. The third kappa shape index (κ3) is 6.42. The SMILES string of the molecule is O=C(O)NC1(C(F)(F)F)CCN(c2ncc(C(=O)Nc3ccc(OC(F)(F)Cl)cc3)cc2-c2cncnc2)C1. The number of carbonyl (C=O) groups is 2. The maximum absolute atomic E-state index is 13.9. The van der Waals surface area contributed by atoms with E-state index in [0.717, 1.165) is 18.3 Å². The second-order valence-electron chi connectivity index (χ2n) is 8.43. The van der Waals surface area contributed by atoms with Crippen LogP contribution in [0.15, 0.2) is 55.2 Å². The molecule has 0 spiro atoms. The van der Waals surface area contributed by atoms with E-state index in [1.165, 1.54) is 41.8 Å². The summed E-state index contributed by atoms with van der Waals surface area (Å²) in [6, 6.07) is 6.27. The predicted octanol–water partition coefficient (Wildman–Crippen LogP) is 4.74. The standard InChI is InChI=1S/C23H18ClF5N6O4/c24-23(28,29)39-16-3-1-15(2-4-16)33-19(36)13-7-17(14-8-30-12-31-9-14)18(32-10-13)35-6-5-21(11-35,22(25,26)27)34-20(37)38/h1-4,7-10,12,34H,5-6,11H2,(H,33,36)(H,37,38). The van der Waals surface area contributed by atoms with Crippen molar-refractivity contribution in [3.63, 3.8) is 0 Å². The van der Waals surface area contributed by atoms with E-state index in [9.17, 15) is 31.5 Å². The fraction of sp³-hybridized carbons (Fsp3) is 0.261. The number of carboxylic acid groups (broad SMARTS) is 1. The molecule has 2 amide bonds. The predicted molar refractivity (Wildman–Crippen MR) is 128 cm³/mol. The van der Waals surface area contributed by atoms with E-state index in [1.807, 2.05) is 0 Å². The van der Waals surface area contributed by atoms with E-state index in [2.05, 4.69) is 25.0 Å². The third-order valence-corrected chi connectivity index (χ3v) is 5.88. The normalized spacial score (nSPS) is 17.5. The number of carbonyl (C=O) groups excluding carboxylic acids is 1. The Hall–Kier alpha value is -4.27. The number of rotatable bonds is 7. The van der Waals surface area contributed by atoms with Crippen molar-refractivity contribution in [1.29, 1.82) is 0 Å². The minimum atomic E-state index is -4.88. The molecule has 3 heterocycles. The number of hydrogen-bond acceptors (Lipinski definition) is 7. The van der Waals surface area contributed by atoms with Gasteiger partial charge >= 0.3 is 17.8 Å². The first-order valence-corrected chi connectivity index (χ1v) is 11.4. The number of anilines is 2. The lowest BCUT2D eigenvalue weighted by atomic mass is 9.98. The fourth-order valence-corrected chi connectivity index (χ4v) is 4.12. The van der Waals surface area contributed by atoms with Crippen LogP contribution in [0.4, 0.5) is 38.3 Å². The largest absolute Gasteiger partial charge is 0.487 e. The number of nitrogens with one attached hydrogen (secondary N) is 2. The van der Waals surface area contributed by atoms with Crippen molar-refractivity contribution in [2.45, 2.75) is 23.7 Å². The van der Waals surface area contributed by atoms with Gasteiger partial charge in [0, 0.05) is 53.6 Å². The monoisotopic (exact) mass is 572 g/mol. The van der Waals surface area contributed by atoms with Gasteiger partial charge in [0.2, 0.25) is 0 Å². The van der Waals surface area contributed by atoms with Gasteiger partial charge in [-0.2, -0.15) is 13.2 Å². The first-order valence-electron chi connectivity index (χ1n) is 11.0. The molecule has 0 aliphatic carbocycles. The molecule has 1 atom stereocenters. The summed E-state index contributed by atoms with van der Waals surface area (Å²) < 4.78 is 71.4. The summed E-state index contributed by atoms with van der Waals surface area (Å²) in [7, 11) is 0. The topological polar surface area (TPSA) is 130 Å². The Balaban J connectivity index is 1.62. The second-order valence-corrected chi connectivity index (χ2v) is 8.87. The number of benzene rings is 1. The van der Waals surface area contributed by atoms with E-state index >= 15 is 0 Å². The lowest BCUT2D eigenvalue weighted by molar-refractivity contribution is -0.187. The Bertz CT molecular complexity index is 1360. The maximum Gasteiger partial charge on any atom is 0.487 e. The van der Waals surface area contributed by atoms with Gasteiger partial charge in [0.25, 0.3) is 5.91 Å². The van der Waals surface area contributed by atoms with E-state index in [4.69, 9.17) is 16.7 Å². The van der Waals surface area contributed by atoms with Crippen LogP contribution in [-0.2, 0) is 0 Å². The van der Waals surface area contributed by atoms with Gasteiger partial charge in [0.15, 0.2) is 5.54 Å². The highest BCUT2D eigenvalue weighted by molar-refractivity contribution is 6.20. The Morgan fingerprint density at radius 3 is 2.33 bits per heavy atom. The molecule has 39 heavy (non-hydrogen) atoms. The van der Waals surface area contributed by atoms with E-state index in [1.54, 1.807) is 5.32 Å². The van der Waals surface area contributed by atoms with Gasteiger partial charge in [-0.05, 0) is 36.8 Å². The zero-order chi connectivity index (χ0) is 28.4. The molecule has 1 unspecified atom stereocenters. The number of pyridine rings is 1. The molecular weight excluding hydrogens is 555 g/mol. The summed E-state index contributed by atoms with van der Waals surface area (Å²) in [5.41, 5.74) is -5.83. The lowest BCUT2D eigenvalue weighted by Gasteiger charge is -2.32. The zero-order valence-electron chi connectivity index (χ0n) is 19.5. The fourth-order valence-electron chi connectivity index (χ4n) is 4.03. The van der Waals surface area contributed by atoms with Gasteiger partial charge in [-0.1, -0.05) is 0 Å². The van der Waals surface area contributed by atoms with Crippen LogP contribution in [0, 0.1) is 0 Å². The number of aromatic nitrogens is 3. The van der Waals surface area contributed by atoms with Gasteiger partial charge in [-0.15, -0.1) is 8.78 Å². The summed E-state index contributed by atoms with van der Waals surface area (Å²) in [5.74, 6) is -0.853. The van der Waals surface area contributed by atoms with Gasteiger partial charge in [0.1, 0.15) is 17.9 Å². The van der Waals surface area contributed by atoms with Crippen molar-refractivity contribution < 1.29 is 41.4 Å². The van der Waals surface area contributed by atoms with Crippen molar-refractivity contribution in [2.24, 2.45) is 0 Å². The molecule has 0 radical (unpaired) electrons. The van der Waals surface area contributed by atoms with Crippen LogP contribution in [0.3, 0.4) is 0 Å². The van der Waals surface area contributed by atoms with Crippen LogP contribution in [0.1, 0.15) is 16.8 Å². The molecule has 1 aliphatic heterocycles. The molecule has 206 valence electrons. The summed E-state index contributed by atoms with van der Waals surface area (Å²) in [4.78, 5) is 37.4. The van der Waals surface area contributed by atoms with E-state index < -0.39 is 42.2 Å². The minimum absolute atomic E-state index is 0.00941. The maximum atomic E-state index is 13.9.